The summed E-state index contributed by atoms with van der Waals surface area (Å²) >= 11 is 0. The molecule has 3 rings (SSSR count). The Bertz CT molecular complexity index is 933. The van der Waals surface area contributed by atoms with Crippen molar-refractivity contribution < 1.29 is 14.4 Å². The van der Waals surface area contributed by atoms with Gasteiger partial charge in [-0.1, -0.05) is 0 Å². The number of amides is 3. The van der Waals surface area contributed by atoms with Crippen LogP contribution in [0.25, 0.3) is 0 Å². The molecule has 1 atom stereocenters. The fourth-order valence-electron chi connectivity index (χ4n) is 3.38. The fraction of sp³-hybridized carbons (Fsp3) is 0.409. The number of amidine groups is 2. The molecule has 0 aromatic heterocycles. The van der Waals surface area contributed by atoms with E-state index in [4.69, 9.17) is 0 Å². The normalized spacial score (nSPS) is 17.0. The Labute approximate surface area is 181 Å². The topological polar surface area (TPSA) is 124 Å². The number of nitrogens with zero attached hydrogens (tertiary/aromatic N) is 2. The lowest BCUT2D eigenvalue weighted by atomic mass is 9.98. The Morgan fingerprint density at radius 1 is 1.06 bits per heavy atom. The number of anilines is 1. The number of nitrogens with one attached hydrogen (secondary N) is 4. The van der Waals surface area contributed by atoms with E-state index in [-0.39, 0.29) is 17.7 Å². The largest absolute Gasteiger partial charge is 0.381 e. The van der Waals surface area contributed by atoms with Crippen LogP contribution in [0.1, 0.15) is 43.5 Å². The van der Waals surface area contributed by atoms with Crippen molar-refractivity contribution in [2.75, 3.05) is 25.0 Å². The number of fused-ring (bicyclic) bond motifs is 1. The van der Waals surface area contributed by atoms with Crippen LogP contribution in [0.5, 0.6) is 0 Å². The van der Waals surface area contributed by atoms with Gasteiger partial charge in [-0.2, -0.15) is 0 Å². The molecule has 9 nitrogen and oxygen atoms in total. The van der Waals surface area contributed by atoms with Crippen molar-refractivity contribution >= 4 is 35.1 Å². The molecule has 0 saturated heterocycles. The van der Waals surface area contributed by atoms with Crippen LogP contribution in [0.3, 0.4) is 0 Å². The number of hydrogen-bond donors (Lipinski definition) is 4. The van der Waals surface area contributed by atoms with Gasteiger partial charge >= 0.3 is 0 Å². The highest BCUT2D eigenvalue weighted by Crippen LogP contribution is 2.24. The third-order valence-electron chi connectivity index (χ3n) is 5.00. The minimum atomic E-state index is -0.445. The van der Waals surface area contributed by atoms with Crippen LogP contribution in [0.2, 0.25) is 0 Å². The molecule has 0 spiro atoms. The van der Waals surface area contributed by atoms with E-state index >= 15 is 0 Å². The lowest BCUT2D eigenvalue weighted by Crippen LogP contribution is -2.43. The second-order valence-corrected chi connectivity index (χ2v) is 7.54. The summed E-state index contributed by atoms with van der Waals surface area (Å²) in [5, 5.41) is 11.7. The summed E-state index contributed by atoms with van der Waals surface area (Å²) in [5.74, 6) is 0.394. The summed E-state index contributed by atoms with van der Waals surface area (Å²) in [5.41, 5.74) is 2.29. The Morgan fingerprint density at radius 3 is 2.48 bits per heavy atom. The van der Waals surface area contributed by atoms with Crippen molar-refractivity contribution in [1.29, 1.82) is 0 Å². The molecule has 9 heteroatoms. The van der Waals surface area contributed by atoms with Gasteiger partial charge in [0, 0.05) is 44.0 Å². The second kappa shape index (κ2) is 10.5. The van der Waals surface area contributed by atoms with E-state index in [9.17, 15) is 14.4 Å². The molecule has 2 aliphatic heterocycles. The molecular formula is C22H28N6O3. The number of carbonyl (C=O) groups is 3. The van der Waals surface area contributed by atoms with Crippen molar-refractivity contribution in [3.8, 4) is 0 Å². The average molecular weight is 425 g/mol. The van der Waals surface area contributed by atoms with E-state index in [1.54, 1.807) is 25.3 Å². The molecule has 1 aromatic carbocycles. The average Bonchev–Trinajstić information content (AvgIpc) is 3.14. The standard InChI is InChI=1S/C22H28N6O3/c1-14-27-20-19(22(31)28-14)17(13-26-20)12-25-18-8-6-16(7-9-18)21(30)24-11-5-3-4-10-23-15(2)29/h6-9,13,19,25H,3-5,10-12H2,1-2H3,(H,23,29)(H,24,30)(H,26,27,28,31). The Kier molecular flexibility index (Phi) is 7.53. The first-order valence-corrected chi connectivity index (χ1v) is 10.4. The van der Waals surface area contributed by atoms with Gasteiger partial charge in [0.2, 0.25) is 11.8 Å². The van der Waals surface area contributed by atoms with Crippen molar-refractivity contribution in [2.24, 2.45) is 15.9 Å². The zero-order chi connectivity index (χ0) is 22.2. The smallest absolute Gasteiger partial charge is 0.251 e. The second-order valence-electron chi connectivity index (χ2n) is 7.54. The third kappa shape index (κ3) is 6.24. The first-order chi connectivity index (χ1) is 14.9. The van der Waals surface area contributed by atoms with Gasteiger partial charge in [-0.25, -0.2) is 9.98 Å². The zero-order valence-electron chi connectivity index (χ0n) is 17.8. The summed E-state index contributed by atoms with van der Waals surface area (Å²) in [7, 11) is 0. The quantitative estimate of drug-likeness (QED) is 0.426. The number of rotatable bonds is 10. The minimum Gasteiger partial charge on any atom is -0.381 e. The summed E-state index contributed by atoms with van der Waals surface area (Å²) < 4.78 is 0. The molecule has 2 heterocycles. The van der Waals surface area contributed by atoms with E-state index in [1.807, 2.05) is 12.1 Å². The van der Waals surface area contributed by atoms with Gasteiger partial charge in [0.25, 0.3) is 5.91 Å². The summed E-state index contributed by atoms with van der Waals surface area (Å²) in [6.45, 7) is 4.96. The highest BCUT2D eigenvalue weighted by molar-refractivity contribution is 6.19. The van der Waals surface area contributed by atoms with E-state index < -0.39 is 5.92 Å². The Morgan fingerprint density at radius 2 is 1.77 bits per heavy atom. The molecule has 0 saturated carbocycles. The van der Waals surface area contributed by atoms with E-state index in [0.717, 1.165) is 30.5 Å². The zero-order valence-corrected chi connectivity index (χ0v) is 17.8. The molecule has 2 aliphatic rings. The van der Waals surface area contributed by atoms with E-state index in [1.165, 1.54) is 6.92 Å². The van der Waals surface area contributed by atoms with Gasteiger partial charge in [0.1, 0.15) is 17.6 Å². The van der Waals surface area contributed by atoms with Crippen molar-refractivity contribution in [2.45, 2.75) is 33.1 Å². The maximum atomic E-state index is 12.3. The monoisotopic (exact) mass is 424 g/mol. The summed E-state index contributed by atoms with van der Waals surface area (Å²) in [6.07, 6.45) is 4.39. The molecule has 3 amide bonds. The Hall–Kier alpha value is -3.49. The number of hydrogen-bond acceptors (Lipinski definition) is 6. The van der Waals surface area contributed by atoms with Crippen LogP contribution in [-0.4, -0.2) is 49.0 Å². The molecule has 0 bridgehead atoms. The molecular weight excluding hydrogens is 396 g/mol. The molecule has 164 valence electrons. The van der Waals surface area contributed by atoms with Gasteiger partial charge in [0.15, 0.2) is 0 Å². The highest BCUT2D eigenvalue weighted by atomic mass is 16.2. The van der Waals surface area contributed by atoms with E-state index in [0.29, 0.717) is 36.9 Å². The molecule has 1 unspecified atom stereocenters. The molecule has 1 aromatic rings. The Balaban J connectivity index is 1.39. The van der Waals surface area contributed by atoms with Crippen LogP contribution < -0.4 is 21.3 Å². The number of aliphatic imine (C=N–C) groups is 2. The molecule has 0 fully saturated rings. The van der Waals surface area contributed by atoms with E-state index in [2.05, 4.69) is 31.3 Å². The van der Waals surface area contributed by atoms with Gasteiger partial charge in [-0.3, -0.25) is 14.4 Å². The predicted octanol–water partition coefficient (Wildman–Crippen LogP) is 1.60. The van der Waals surface area contributed by atoms with Crippen LogP contribution in [0.15, 0.2) is 46.0 Å². The number of carbonyl (C=O) groups excluding carboxylic acids is 3. The van der Waals surface area contributed by atoms with Gasteiger partial charge in [-0.05, 0) is 56.0 Å². The van der Waals surface area contributed by atoms with Gasteiger partial charge < -0.3 is 21.3 Å². The molecule has 31 heavy (non-hydrogen) atoms. The maximum Gasteiger partial charge on any atom is 0.251 e. The van der Waals surface area contributed by atoms with Gasteiger partial charge in [-0.15, -0.1) is 0 Å². The minimum absolute atomic E-state index is 0.0204. The first-order valence-electron chi connectivity index (χ1n) is 10.4. The highest BCUT2D eigenvalue weighted by Gasteiger charge is 2.34. The number of unbranched alkanes of at least 4 members (excludes halogenated alkanes) is 2. The SMILES string of the molecule is CC(=O)NCCCCCNC(=O)c1ccc(NCC2=CN=C3N=C(C)NC(=O)C23)cc1. The first kappa shape index (κ1) is 22.2. The van der Waals surface area contributed by atoms with Crippen molar-refractivity contribution in [1.82, 2.24) is 16.0 Å². The van der Waals surface area contributed by atoms with Crippen molar-refractivity contribution in [3.63, 3.8) is 0 Å². The summed E-state index contributed by atoms with van der Waals surface area (Å²) in [4.78, 5) is 43.8. The third-order valence-corrected chi connectivity index (χ3v) is 5.00. The lowest BCUT2D eigenvalue weighted by molar-refractivity contribution is -0.121. The van der Waals surface area contributed by atoms with Crippen molar-refractivity contribution in [3.05, 3.63) is 41.6 Å². The predicted molar refractivity (Wildman–Crippen MR) is 120 cm³/mol. The van der Waals surface area contributed by atoms with Gasteiger partial charge in [0.05, 0.1) is 0 Å². The lowest BCUT2D eigenvalue weighted by Gasteiger charge is -2.20. The molecule has 0 radical (unpaired) electrons. The molecule has 4 N–H and O–H groups in total. The van der Waals surface area contributed by atoms with Crippen LogP contribution in [0.4, 0.5) is 5.69 Å². The maximum absolute atomic E-state index is 12.3. The summed E-state index contributed by atoms with van der Waals surface area (Å²) in [6, 6.07) is 7.20. The van der Waals surface area contributed by atoms with Crippen LogP contribution in [-0.2, 0) is 9.59 Å². The van der Waals surface area contributed by atoms with Crippen LogP contribution >= 0.6 is 0 Å². The molecule has 0 aliphatic carbocycles. The fourth-order valence-corrected chi connectivity index (χ4v) is 3.38. The number of benzene rings is 1. The van der Waals surface area contributed by atoms with Crippen LogP contribution in [0, 0.1) is 5.92 Å².